The van der Waals surface area contributed by atoms with Crippen LogP contribution in [0.25, 0.3) is 16.6 Å². The number of hydrogen-bond donors (Lipinski definition) is 0. The molecular formula is C29H28N2O2. The number of likely N-dealkylation sites (tertiary alicyclic amines) is 1. The summed E-state index contributed by atoms with van der Waals surface area (Å²) < 4.78 is 1.84. The molecule has 0 spiro atoms. The van der Waals surface area contributed by atoms with Gasteiger partial charge >= 0.3 is 0 Å². The molecule has 4 aromatic rings. The molecule has 4 nitrogen and oxygen atoms in total. The topological polar surface area (TPSA) is 41.8 Å². The van der Waals surface area contributed by atoms with Crippen LogP contribution in [-0.4, -0.2) is 34.1 Å². The molecule has 0 unspecified atom stereocenters. The van der Waals surface area contributed by atoms with Gasteiger partial charge < -0.3 is 9.30 Å². The van der Waals surface area contributed by atoms with Crippen molar-refractivity contribution in [2.24, 2.45) is 5.92 Å². The van der Waals surface area contributed by atoms with E-state index in [-0.39, 0.29) is 0 Å². The van der Waals surface area contributed by atoms with Crippen LogP contribution in [0.15, 0.2) is 85.1 Å². The molecular weight excluding hydrogens is 408 g/mol. The monoisotopic (exact) mass is 436 g/mol. The van der Waals surface area contributed by atoms with E-state index in [1.165, 1.54) is 5.56 Å². The van der Waals surface area contributed by atoms with E-state index in [4.69, 9.17) is 0 Å². The highest BCUT2D eigenvalue weighted by atomic mass is 16.2. The predicted molar refractivity (Wildman–Crippen MR) is 131 cm³/mol. The van der Waals surface area contributed by atoms with Crippen molar-refractivity contribution in [2.45, 2.75) is 26.2 Å². The van der Waals surface area contributed by atoms with Gasteiger partial charge in [0.15, 0.2) is 0 Å². The van der Waals surface area contributed by atoms with Crippen LogP contribution in [0.1, 0.15) is 34.5 Å². The lowest BCUT2D eigenvalue weighted by molar-refractivity contribution is -0.127. The van der Waals surface area contributed by atoms with E-state index in [1.54, 1.807) is 4.90 Å². The molecule has 1 amide bonds. The Morgan fingerprint density at radius 3 is 2.30 bits per heavy atom. The summed E-state index contributed by atoms with van der Waals surface area (Å²) >= 11 is 0. The van der Waals surface area contributed by atoms with Crippen molar-refractivity contribution in [2.75, 3.05) is 13.1 Å². The molecule has 33 heavy (non-hydrogen) atoms. The first kappa shape index (κ1) is 21.2. The van der Waals surface area contributed by atoms with Gasteiger partial charge in [-0.2, -0.15) is 0 Å². The Morgan fingerprint density at radius 1 is 0.879 bits per heavy atom. The molecule has 0 saturated carbocycles. The van der Waals surface area contributed by atoms with Crippen molar-refractivity contribution >= 4 is 17.2 Å². The van der Waals surface area contributed by atoms with Gasteiger partial charge in [0, 0.05) is 30.4 Å². The van der Waals surface area contributed by atoms with Crippen molar-refractivity contribution in [1.82, 2.24) is 9.30 Å². The highest BCUT2D eigenvalue weighted by Crippen LogP contribution is 2.30. The number of benzene rings is 2. The number of pyridine rings is 1. The normalized spacial score (nSPS) is 14.5. The van der Waals surface area contributed by atoms with Crippen LogP contribution in [-0.2, 0) is 11.2 Å². The van der Waals surface area contributed by atoms with Gasteiger partial charge in [-0.25, -0.2) is 0 Å². The number of amides is 1. The smallest absolute Gasteiger partial charge is 0.296 e. The highest BCUT2D eigenvalue weighted by molar-refractivity contribution is 6.43. The summed E-state index contributed by atoms with van der Waals surface area (Å²) in [7, 11) is 0. The van der Waals surface area contributed by atoms with E-state index in [2.05, 4.69) is 24.3 Å². The third-order valence-electron chi connectivity index (χ3n) is 6.72. The van der Waals surface area contributed by atoms with Crippen LogP contribution in [0.4, 0.5) is 0 Å². The molecule has 1 fully saturated rings. The summed E-state index contributed by atoms with van der Waals surface area (Å²) in [5.74, 6) is -0.285. The highest BCUT2D eigenvalue weighted by Gasteiger charge is 2.31. The third-order valence-corrected chi connectivity index (χ3v) is 6.72. The Morgan fingerprint density at radius 2 is 1.58 bits per heavy atom. The van der Waals surface area contributed by atoms with E-state index in [9.17, 15) is 9.59 Å². The summed E-state index contributed by atoms with van der Waals surface area (Å²) in [5.41, 5.74) is 5.60. The first-order chi connectivity index (χ1) is 16.1. The van der Waals surface area contributed by atoms with Crippen LogP contribution < -0.4 is 0 Å². The van der Waals surface area contributed by atoms with Crippen LogP contribution in [0.2, 0.25) is 0 Å². The molecule has 0 atom stereocenters. The van der Waals surface area contributed by atoms with Crippen molar-refractivity contribution in [3.63, 3.8) is 0 Å². The molecule has 1 saturated heterocycles. The number of nitrogens with zero attached hydrogens (tertiary/aromatic N) is 2. The third kappa shape index (κ3) is 4.34. The van der Waals surface area contributed by atoms with E-state index in [0.29, 0.717) is 24.7 Å². The second-order valence-corrected chi connectivity index (χ2v) is 9.02. The second-order valence-electron chi connectivity index (χ2n) is 9.02. The van der Waals surface area contributed by atoms with Crippen LogP contribution in [0.5, 0.6) is 0 Å². The summed E-state index contributed by atoms with van der Waals surface area (Å²) in [6.07, 6.45) is 4.73. The number of piperidine rings is 1. The summed E-state index contributed by atoms with van der Waals surface area (Å²) in [4.78, 5) is 28.6. The molecule has 0 N–H and O–H groups in total. The summed E-state index contributed by atoms with van der Waals surface area (Å²) in [6, 6.07) is 26.4. The fraction of sp³-hybridized carbons (Fsp3) is 0.241. The second kappa shape index (κ2) is 9.07. The zero-order valence-electron chi connectivity index (χ0n) is 18.9. The number of carbonyl (C=O) groups excluding carboxylic acids is 2. The lowest BCUT2D eigenvalue weighted by Crippen LogP contribution is -2.42. The molecule has 0 aliphatic carbocycles. The molecule has 5 rings (SSSR count). The lowest BCUT2D eigenvalue weighted by atomic mass is 9.90. The molecule has 1 aliphatic heterocycles. The maximum absolute atomic E-state index is 13.5. The minimum atomic E-state index is -0.432. The molecule has 3 heterocycles. The molecule has 4 heteroatoms. The largest absolute Gasteiger partial charge is 0.336 e. The first-order valence-corrected chi connectivity index (χ1v) is 11.6. The average Bonchev–Trinajstić information content (AvgIpc) is 3.24. The number of carbonyl (C=O) groups is 2. The molecule has 0 radical (unpaired) electrons. The molecule has 166 valence electrons. The SMILES string of the molecule is Cc1ccc(-c2cc3ccccn3c2C(=O)C(=O)N2CCC(Cc3ccccc3)CC2)cc1. The van der Waals surface area contributed by atoms with Gasteiger partial charge in [0.25, 0.3) is 11.7 Å². The van der Waals surface area contributed by atoms with Crippen LogP contribution in [0, 0.1) is 12.8 Å². The molecule has 1 aliphatic rings. The maximum atomic E-state index is 13.5. The fourth-order valence-electron chi connectivity index (χ4n) is 4.84. The minimum absolute atomic E-state index is 0.398. The Kier molecular flexibility index (Phi) is 5.82. The Labute approximate surface area is 194 Å². The zero-order chi connectivity index (χ0) is 22.8. The first-order valence-electron chi connectivity index (χ1n) is 11.6. The number of fused-ring (bicyclic) bond motifs is 1. The van der Waals surface area contributed by atoms with Gasteiger partial charge in [-0.15, -0.1) is 0 Å². The van der Waals surface area contributed by atoms with Crippen LogP contribution in [0.3, 0.4) is 0 Å². The number of Topliss-reactive ketones (excluding diaryl/α,β-unsaturated/α-hetero) is 1. The fourth-order valence-corrected chi connectivity index (χ4v) is 4.84. The lowest BCUT2D eigenvalue weighted by Gasteiger charge is -2.31. The number of hydrogen-bond acceptors (Lipinski definition) is 2. The van der Waals surface area contributed by atoms with E-state index in [0.717, 1.165) is 41.5 Å². The van der Waals surface area contributed by atoms with Gasteiger partial charge in [-0.1, -0.05) is 66.2 Å². The summed E-state index contributed by atoms with van der Waals surface area (Å²) in [5, 5.41) is 0. The number of ketones is 1. The Balaban J connectivity index is 1.37. The van der Waals surface area contributed by atoms with Gasteiger partial charge in [0.2, 0.25) is 0 Å². The Hall–Kier alpha value is -3.66. The van der Waals surface area contributed by atoms with Crippen molar-refractivity contribution < 1.29 is 9.59 Å². The predicted octanol–water partition coefficient (Wildman–Crippen LogP) is 5.58. The molecule has 2 aromatic heterocycles. The molecule has 2 aromatic carbocycles. The van der Waals surface area contributed by atoms with Gasteiger partial charge in [0.05, 0.1) is 0 Å². The van der Waals surface area contributed by atoms with E-state index in [1.807, 2.05) is 72.1 Å². The maximum Gasteiger partial charge on any atom is 0.296 e. The minimum Gasteiger partial charge on any atom is -0.336 e. The number of aryl methyl sites for hydroxylation is 1. The van der Waals surface area contributed by atoms with E-state index < -0.39 is 11.7 Å². The van der Waals surface area contributed by atoms with Crippen LogP contribution >= 0.6 is 0 Å². The standard InChI is InChI=1S/C29H28N2O2/c1-21-10-12-24(13-11-21)26-20-25-9-5-6-16-31(25)27(26)28(32)29(33)30-17-14-23(15-18-30)19-22-7-3-2-4-8-22/h2-13,16,20,23H,14-15,17-19H2,1H3. The van der Waals surface area contributed by atoms with Gasteiger partial charge in [0.1, 0.15) is 5.69 Å². The average molecular weight is 437 g/mol. The van der Waals surface area contributed by atoms with Crippen molar-refractivity contribution in [3.05, 3.63) is 102 Å². The molecule has 0 bridgehead atoms. The Bertz CT molecular complexity index is 1280. The zero-order valence-corrected chi connectivity index (χ0v) is 18.9. The number of aromatic nitrogens is 1. The van der Waals surface area contributed by atoms with Gasteiger partial charge in [-0.3, -0.25) is 9.59 Å². The quantitative estimate of drug-likeness (QED) is 0.303. The van der Waals surface area contributed by atoms with Gasteiger partial charge in [-0.05, 0) is 61.4 Å². The van der Waals surface area contributed by atoms with Crippen molar-refractivity contribution in [1.29, 1.82) is 0 Å². The van der Waals surface area contributed by atoms with Crippen molar-refractivity contribution in [3.8, 4) is 11.1 Å². The van der Waals surface area contributed by atoms with E-state index >= 15 is 0 Å². The summed E-state index contributed by atoms with van der Waals surface area (Å²) in [6.45, 7) is 3.30. The number of rotatable bonds is 5.